The minimum Gasteiger partial charge on any atom is -0.317 e. The molecule has 2 heterocycles. The van der Waals surface area contributed by atoms with E-state index < -0.39 is 0 Å². The average molecular weight is 399 g/mol. The molecular weight excluding hydrogens is 375 g/mol. The lowest BCUT2D eigenvalue weighted by Crippen LogP contribution is -2.27. The van der Waals surface area contributed by atoms with Gasteiger partial charge in [0.15, 0.2) is 10.9 Å². The second kappa shape index (κ2) is 10.0. The summed E-state index contributed by atoms with van der Waals surface area (Å²) in [5, 5.41) is 12.9. The molecule has 0 radical (unpaired) electrons. The van der Waals surface area contributed by atoms with Crippen LogP contribution in [-0.2, 0) is 7.05 Å². The quantitative estimate of drug-likeness (QED) is 0.438. The van der Waals surface area contributed by atoms with E-state index in [0.29, 0.717) is 17.9 Å². The first-order valence-electron chi connectivity index (χ1n) is 8.66. The van der Waals surface area contributed by atoms with E-state index in [1.54, 1.807) is 23.9 Å². The molecule has 0 saturated carbocycles. The Labute approximate surface area is 163 Å². The van der Waals surface area contributed by atoms with E-state index in [2.05, 4.69) is 20.1 Å². The molecule has 0 amide bonds. The molecule has 1 aromatic heterocycles. The fraction of sp³-hybridized carbons (Fsp3) is 0.500. The standard InChI is InChI=1S/C18H23FN4OS.ClH/c1-23-17(14-8-10-20-11-9-14)21-22-18(23)25-12-2-3-16(24)13-4-6-15(19)7-5-13;/h4-7,14,20H,2-3,8-12H2,1H3;1H. The number of hydrogen-bond acceptors (Lipinski definition) is 5. The van der Waals surface area contributed by atoms with Crippen molar-refractivity contribution in [2.45, 2.75) is 36.8 Å². The van der Waals surface area contributed by atoms with E-state index in [1.165, 1.54) is 12.1 Å². The number of carbonyl (C=O) groups excluding carboxylic acids is 1. The van der Waals surface area contributed by atoms with Crippen molar-refractivity contribution < 1.29 is 9.18 Å². The molecule has 8 heteroatoms. The maximum Gasteiger partial charge on any atom is 0.190 e. The molecule has 1 aliphatic rings. The van der Waals surface area contributed by atoms with Crippen molar-refractivity contribution >= 4 is 30.0 Å². The van der Waals surface area contributed by atoms with Gasteiger partial charge in [-0.15, -0.1) is 22.6 Å². The van der Waals surface area contributed by atoms with Crippen molar-refractivity contribution in [3.8, 4) is 0 Å². The zero-order valence-electron chi connectivity index (χ0n) is 14.8. The fourth-order valence-corrected chi connectivity index (χ4v) is 3.92. The van der Waals surface area contributed by atoms with Gasteiger partial charge in [0, 0.05) is 30.7 Å². The predicted molar refractivity (Wildman–Crippen MR) is 104 cm³/mol. The summed E-state index contributed by atoms with van der Waals surface area (Å²) in [5.41, 5.74) is 0.568. The van der Waals surface area contributed by atoms with Crippen LogP contribution in [0.1, 0.15) is 47.8 Å². The molecule has 26 heavy (non-hydrogen) atoms. The Balaban J connectivity index is 0.00000243. The van der Waals surface area contributed by atoms with E-state index in [0.717, 1.165) is 49.1 Å². The lowest BCUT2D eigenvalue weighted by atomic mass is 9.97. The molecular formula is C18H24ClFN4OS. The Bertz CT molecular complexity index is 716. The topological polar surface area (TPSA) is 59.8 Å². The van der Waals surface area contributed by atoms with Crippen LogP contribution in [0, 0.1) is 5.82 Å². The Hall–Kier alpha value is -1.44. The smallest absolute Gasteiger partial charge is 0.190 e. The number of nitrogens with zero attached hydrogens (tertiary/aromatic N) is 3. The number of aromatic nitrogens is 3. The number of carbonyl (C=O) groups is 1. The molecule has 2 aromatic rings. The normalized spacial score (nSPS) is 14.8. The first kappa shape index (κ1) is 20.9. The van der Waals surface area contributed by atoms with Crippen LogP contribution >= 0.6 is 24.2 Å². The van der Waals surface area contributed by atoms with Crippen molar-refractivity contribution in [3.05, 3.63) is 41.5 Å². The van der Waals surface area contributed by atoms with Crippen LogP contribution in [0.25, 0.3) is 0 Å². The Morgan fingerprint density at radius 3 is 2.65 bits per heavy atom. The number of thioether (sulfide) groups is 1. The minimum atomic E-state index is -0.320. The molecule has 0 aliphatic carbocycles. The van der Waals surface area contributed by atoms with Crippen LogP contribution in [0.2, 0.25) is 0 Å². The predicted octanol–water partition coefficient (Wildman–Crippen LogP) is 3.60. The van der Waals surface area contributed by atoms with E-state index in [-0.39, 0.29) is 24.0 Å². The monoisotopic (exact) mass is 398 g/mol. The third kappa shape index (κ3) is 5.28. The van der Waals surface area contributed by atoms with E-state index in [4.69, 9.17) is 0 Å². The van der Waals surface area contributed by atoms with Crippen molar-refractivity contribution in [2.75, 3.05) is 18.8 Å². The van der Waals surface area contributed by atoms with Gasteiger partial charge in [0.25, 0.3) is 0 Å². The Morgan fingerprint density at radius 1 is 1.27 bits per heavy atom. The van der Waals surface area contributed by atoms with Crippen LogP contribution < -0.4 is 5.32 Å². The molecule has 1 saturated heterocycles. The van der Waals surface area contributed by atoms with Gasteiger partial charge in [-0.25, -0.2) is 4.39 Å². The Morgan fingerprint density at radius 2 is 1.96 bits per heavy atom. The SMILES string of the molecule is Cl.Cn1c(SCCCC(=O)c2ccc(F)cc2)nnc1C1CCNCC1. The highest BCUT2D eigenvalue weighted by Gasteiger charge is 2.21. The van der Waals surface area contributed by atoms with Crippen LogP contribution in [0.3, 0.4) is 0 Å². The second-order valence-electron chi connectivity index (χ2n) is 6.31. The van der Waals surface area contributed by atoms with Crippen LogP contribution in [0.15, 0.2) is 29.4 Å². The van der Waals surface area contributed by atoms with Crippen molar-refractivity contribution in [3.63, 3.8) is 0 Å². The molecule has 5 nitrogen and oxygen atoms in total. The number of rotatable bonds is 7. The third-order valence-corrected chi connectivity index (χ3v) is 5.62. The summed E-state index contributed by atoms with van der Waals surface area (Å²) in [5.74, 6) is 2.08. The summed E-state index contributed by atoms with van der Waals surface area (Å²) >= 11 is 1.63. The molecule has 3 rings (SSSR count). The van der Waals surface area contributed by atoms with Crippen LogP contribution in [-0.4, -0.2) is 39.4 Å². The largest absolute Gasteiger partial charge is 0.317 e. The summed E-state index contributed by atoms with van der Waals surface area (Å²) in [6.07, 6.45) is 3.42. The lowest BCUT2D eigenvalue weighted by molar-refractivity contribution is 0.0982. The van der Waals surface area contributed by atoms with Crippen LogP contribution in [0.4, 0.5) is 4.39 Å². The van der Waals surface area contributed by atoms with Gasteiger partial charge < -0.3 is 9.88 Å². The highest BCUT2D eigenvalue weighted by molar-refractivity contribution is 7.99. The van der Waals surface area contributed by atoms with Crippen molar-refractivity contribution in [1.29, 1.82) is 0 Å². The fourth-order valence-electron chi connectivity index (χ4n) is 3.06. The maximum atomic E-state index is 12.9. The molecule has 0 spiro atoms. The molecule has 1 aliphatic heterocycles. The van der Waals surface area contributed by atoms with E-state index >= 15 is 0 Å². The Kier molecular flexibility index (Phi) is 8.06. The second-order valence-corrected chi connectivity index (χ2v) is 7.37. The van der Waals surface area contributed by atoms with Crippen molar-refractivity contribution in [1.82, 2.24) is 20.1 Å². The highest BCUT2D eigenvalue weighted by atomic mass is 35.5. The highest BCUT2D eigenvalue weighted by Crippen LogP contribution is 2.26. The maximum absolute atomic E-state index is 12.9. The van der Waals surface area contributed by atoms with Gasteiger partial charge in [0.1, 0.15) is 11.6 Å². The summed E-state index contributed by atoms with van der Waals surface area (Å²) in [6, 6.07) is 5.73. The lowest BCUT2D eigenvalue weighted by Gasteiger charge is -2.21. The first-order valence-corrected chi connectivity index (χ1v) is 9.65. The van der Waals surface area contributed by atoms with Gasteiger partial charge in [-0.1, -0.05) is 11.8 Å². The number of benzene rings is 1. The van der Waals surface area contributed by atoms with Gasteiger partial charge >= 0.3 is 0 Å². The molecule has 0 unspecified atom stereocenters. The first-order chi connectivity index (χ1) is 12.1. The van der Waals surface area contributed by atoms with Gasteiger partial charge in [-0.2, -0.15) is 0 Å². The van der Waals surface area contributed by atoms with Gasteiger partial charge in [-0.05, 0) is 56.6 Å². The average Bonchev–Trinajstić information content (AvgIpc) is 3.00. The number of hydrogen-bond donors (Lipinski definition) is 1. The molecule has 0 bridgehead atoms. The van der Waals surface area contributed by atoms with Crippen molar-refractivity contribution in [2.24, 2.45) is 7.05 Å². The number of halogens is 2. The van der Waals surface area contributed by atoms with E-state index in [9.17, 15) is 9.18 Å². The number of Topliss-reactive ketones (excluding diaryl/α,β-unsaturated/α-hetero) is 1. The zero-order valence-corrected chi connectivity index (χ0v) is 16.4. The number of ketones is 1. The molecule has 1 N–H and O–H groups in total. The third-order valence-electron chi connectivity index (χ3n) is 4.52. The van der Waals surface area contributed by atoms with Crippen LogP contribution in [0.5, 0.6) is 0 Å². The summed E-state index contributed by atoms with van der Waals surface area (Å²) in [4.78, 5) is 12.1. The molecule has 1 aromatic carbocycles. The number of nitrogens with one attached hydrogen (secondary N) is 1. The van der Waals surface area contributed by atoms with Gasteiger partial charge in [0.05, 0.1) is 0 Å². The molecule has 142 valence electrons. The van der Waals surface area contributed by atoms with Gasteiger partial charge in [0.2, 0.25) is 0 Å². The van der Waals surface area contributed by atoms with E-state index in [1.807, 2.05) is 7.05 Å². The summed E-state index contributed by atoms with van der Waals surface area (Å²) in [7, 11) is 2.02. The number of piperidine rings is 1. The molecule has 0 atom stereocenters. The zero-order chi connectivity index (χ0) is 17.6. The summed E-state index contributed by atoms with van der Waals surface area (Å²) in [6.45, 7) is 2.07. The van der Waals surface area contributed by atoms with Gasteiger partial charge in [-0.3, -0.25) is 4.79 Å². The molecule has 1 fully saturated rings. The summed E-state index contributed by atoms with van der Waals surface area (Å²) < 4.78 is 15.0. The minimum absolute atomic E-state index is 0.